The summed E-state index contributed by atoms with van der Waals surface area (Å²) in [4.78, 5) is 20.5. The predicted octanol–water partition coefficient (Wildman–Crippen LogP) is 3.88. The molecule has 6 heteroatoms. The molecule has 0 unspecified atom stereocenters. The highest BCUT2D eigenvalue weighted by molar-refractivity contribution is 6.04. The molecular weight excluding hydrogens is 345 g/mol. The van der Waals surface area contributed by atoms with E-state index in [1.807, 2.05) is 24.3 Å². The number of carbonyl (C=O) groups is 1. The van der Waals surface area contributed by atoms with Gasteiger partial charge in [0.1, 0.15) is 23.7 Å². The normalized spacial score (nSPS) is 11.4. The number of rotatable bonds is 5. The van der Waals surface area contributed by atoms with Crippen molar-refractivity contribution in [3.8, 4) is 5.75 Å². The molecule has 3 rings (SSSR count). The van der Waals surface area contributed by atoms with Crippen molar-refractivity contribution in [2.75, 3.05) is 13.2 Å². The highest BCUT2D eigenvalue weighted by Crippen LogP contribution is 2.24. The van der Waals surface area contributed by atoms with Gasteiger partial charge in [0, 0.05) is 18.5 Å². The summed E-state index contributed by atoms with van der Waals surface area (Å²) in [5, 5.41) is 2.73. The number of nitrogens with zero attached hydrogens (tertiary/aromatic N) is 2. The molecule has 0 radical (unpaired) electrons. The van der Waals surface area contributed by atoms with Crippen LogP contribution < -0.4 is 10.1 Å². The fourth-order valence-electron chi connectivity index (χ4n) is 2.69. The molecule has 0 saturated carbocycles. The second-order valence-corrected chi connectivity index (χ2v) is 7.26. The summed E-state index contributed by atoms with van der Waals surface area (Å²) in [7, 11) is 0. The minimum atomic E-state index is -0.525. The van der Waals surface area contributed by atoms with Gasteiger partial charge in [-0.2, -0.15) is 0 Å². The minimum Gasteiger partial charge on any atom is -0.492 e. The van der Waals surface area contributed by atoms with E-state index >= 15 is 0 Å². The Bertz CT molecular complexity index is 950. The van der Waals surface area contributed by atoms with Crippen LogP contribution in [0.5, 0.6) is 5.75 Å². The Balaban J connectivity index is 1.58. The Kier molecular flexibility index (Phi) is 5.35. The van der Waals surface area contributed by atoms with Crippen molar-refractivity contribution < 1.29 is 13.9 Å². The highest BCUT2D eigenvalue weighted by atomic mass is 19.1. The lowest BCUT2D eigenvalue weighted by molar-refractivity contribution is 0.0948. The number of halogens is 1. The summed E-state index contributed by atoms with van der Waals surface area (Å²) in [6.07, 6.45) is 2.93. The number of amides is 1. The van der Waals surface area contributed by atoms with Crippen LogP contribution in [-0.2, 0) is 5.41 Å². The van der Waals surface area contributed by atoms with E-state index in [4.69, 9.17) is 4.74 Å². The third-order valence-electron chi connectivity index (χ3n) is 4.16. The Morgan fingerprint density at radius 1 is 1.11 bits per heavy atom. The average Bonchev–Trinajstić information content (AvgIpc) is 2.64. The van der Waals surface area contributed by atoms with E-state index in [-0.39, 0.29) is 17.5 Å². The molecule has 140 valence electrons. The summed E-state index contributed by atoms with van der Waals surface area (Å²) in [6, 6.07) is 10.3. The maximum atomic E-state index is 13.7. The van der Waals surface area contributed by atoms with Gasteiger partial charge in [-0.3, -0.25) is 14.8 Å². The Morgan fingerprint density at radius 3 is 2.52 bits per heavy atom. The first-order chi connectivity index (χ1) is 12.8. The van der Waals surface area contributed by atoms with Gasteiger partial charge < -0.3 is 10.1 Å². The van der Waals surface area contributed by atoms with E-state index < -0.39 is 11.7 Å². The van der Waals surface area contributed by atoms with Gasteiger partial charge in [0.2, 0.25) is 0 Å². The number of carbonyl (C=O) groups excluding carboxylic acids is 1. The topological polar surface area (TPSA) is 64.1 Å². The number of nitrogens with one attached hydrogen (secondary N) is 1. The fraction of sp³-hybridized carbons (Fsp3) is 0.286. The molecule has 1 N–H and O–H groups in total. The second kappa shape index (κ2) is 7.70. The maximum absolute atomic E-state index is 13.7. The van der Waals surface area contributed by atoms with Gasteiger partial charge in [-0.05, 0) is 29.2 Å². The molecule has 0 fully saturated rings. The molecule has 0 atom stereocenters. The van der Waals surface area contributed by atoms with Gasteiger partial charge in [-0.25, -0.2) is 4.39 Å². The van der Waals surface area contributed by atoms with Gasteiger partial charge in [0.05, 0.1) is 17.6 Å². The number of aromatic nitrogens is 2. The monoisotopic (exact) mass is 367 g/mol. The molecule has 1 heterocycles. The number of fused-ring (bicyclic) bond motifs is 1. The molecule has 5 nitrogen and oxygen atoms in total. The lowest BCUT2D eigenvalue weighted by Crippen LogP contribution is -2.28. The third-order valence-corrected chi connectivity index (χ3v) is 4.16. The van der Waals surface area contributed by atoms with Crippen LogP contribution >= 0.6 is 0 Å². The van der Waals surface area contributed by atoms with Crippen molar-refractivity contribution in [3.63, 3.8) is 0 Å². The van der Waals surface area contributed by atoms with E-state index in [9.17, 15) is 9.18 Å². The second-order valence-electron chi connectivity index (χ2n) is 7.26. The van der Waals surface area contributed by atoms with Gasteiger partial charge >= 0.3 is 0 Å². The molecule has 0 spiro atoms. The summed E-state index contributed by atoms with van der Waals surface area (Å²) in [6.45, 7) is 7.05. The van der Waals surface area contributed by atoms with Crippen LogP contribution in [0.3, 0.4) is 0 Å². The molecule has 27 heavy (non-hydrogen) atoms. The third kappa shape index (κ3) is 4.58. The Morgan fingerprint density at radius 2 is 1.81 bits per heavy atom. The molecule has 0 bridgehead atoms. The Labute approximate surface area is 157 Å². The van der Waals surface area contributed by atoms with Gasteiger partial charge in [0.25, 0.3) is 5.91 Å². The molecule has 0 aliphatic heterocycles. The summed E-state index contributed by atoms with van der Waals surface area (Å²) >= 11 is 0. The fourth-order valence-corrected chi connectivity index (χ4v) is 2.69. The number of hydrogen-bond donors (Lipinski definition) is 1. The molecule has 0 aliphatic carbocycles. The van der Waals surface area contributed by atoms with Crippen LogP contribution in [0.25, 0.3) is 11.0 Å². The zero-order valence-electron chi connectivity index (χ0n) is 15.6. The van der Waals surface area contributed by atoms with Gasteiger partial charge in [0.15, 0.2) is 0 Å². The van der Waals surface area contributed by atoms with E-state index in [2.05, 4.69) is 36.1 Å². The summed E-state index contributed by atoms with van der Waals surface area (Å²) in [5.74, 6) is -0.200. The van der Waals surface area contributed by atoms with Crippen molar-refractivity contribution in [1.29, 1.82) is 0 Å². The van der Waals surface area contributed by atoms with Crippen LogP contribution in [0.15, 0.2) is 48.8 Å². The summed E-state index contributed by atoms with van der Waals surface area (Å²) < 4.78 is 19.4. The standard InChI is InChI=1S/C21H22FN3O2/c1-21(2,3)14-4-6-16(7-5-14)27-11-10-25-20(26)17-12-15(22)13-18-19(17)24-9-8-23-18/h4-9,12-13H,10-11H2,1-3H3,(H,25,26). The van der Waals surface area contributed by atoms with Gasteiger partial charge in [-0.1, -0.05) is 32.9 Å². The van der Waals surface area contributed by atoms with E-state index in [0.717, 1.165) is 5.75 Å². The van der Waals surface area contributed by atoms with Crippen molar-refractivity contribution in [3.05, 3.63) is 65.7 Å². The SMILES string of the molecule is CC(C)(C)c1ccc(OCCNC(=O)c2cc(F)cc3nccnc23)cc1. The maximum Gasteiger partial charge on any atom is 0.253 e. The molecule has 1 aromatic heterocycles. The smallest absolute Gasteiger partial charge is 0.253 e. The largest absolute Gasteiger partial charge is 0.492 e. The Hall–Kier alpha value is -3.02. The van der Waals surface area contributed by atoms with Crippen LogP contribution in [-0.4, -0.2) is 29.0 Å². The van der Waals surface area contributed by atoms with Gasteiger partial charge in [-0.15, -0.1) is 0 Å². The lowest BCUT2D eigenvalue weighted by Gasteiger charge is -2.19. The van der Waals surface area contributed by atoms with Crippen LogP contribution in [0.2, 0.25) is 0 Å². The number of benzene rings is 2. The van der Waals surface area contributed by atoms with Crippen LogP contribution in [0.4, 0.5) is 4.39 Å². The molecule has 0 aliphatic rings. The highest BCUT2D eigenvalue weighted by Gasteiger charge is 2.14. The quantitative estimate of drug-likeness (QED) is 0.695. The molecule has 1 amide bonds. The number of ether oxygens (including phenoxy) is 1. The van der Waals surface area contributed by atoms with E-state index in [0.29, 0.717) is 17.6 Å². The van der Waals surface area contributed by atoms with E-state index in [1.165, 1.54) is 30.1 Å². The molecule has 0 saturated heterocycles. The summed E-state index contributed by atoms with van der Waals surface area (Å²) in [5.41, 5.74) is 2.19. The van der Waals surface area contributed by atoms with Crippen molar-refractivity contribution in [2.45, 2.75) is 26.2 Å². The molecule has 3 aromatic rings. The molecular formula is C21H22FN3O2. The lowest BCUT2D eigenvalue weighted by atomic mass is 9.87. The number of hydrogen-bond acceptors (Lipinski definition) is 4. The van der Waals surface area contributed by atoms with Crippen molar-refractivity contribution in [1.82, 2.24) is 15.3 Å². The zero-order valence-corrected chi connectivity index (χ0v) is 15.6. The predicted molar refractivity (Wildman–Crippen MR) is 102 cm³/mol. The van der Waals surface area contributed by atoms with Crippen molar-refractivity contribution in [2.24, 2.45) is 0 Å². The van der Waals surface area contributed by atoms with E-state index in [1.54, 1.807) is 0 Å². The first-order valence-corrected chi connectivity index (χ1v) is 8.76. The van der Waals surface area contributed by atoms with Crippen LogP contribution in [0, 0.1) is 5.82 Å². The van der Waals surface area contributed by atoms with Crippen LogP contribution in [0.1, 0.15) is 36.7 Å². The average molecular weight is 367 g/mol. The first-order valence-electron chi connectivity index (χ1n) is 8.76. The van der Waals surface area contributed by atoms with Crippen molar-refractivity contribution >= 4 is 16.9 Å². The minimum absolute atomic E-state index is 0.0864. The first kappa shape index (κ1) is 18.8. The molecule has 2 aromatic carbocycles. The zero-order chi connectivity index (χ0) is 19.4.